The van der Waals surface area contributed by atoms with Crippen molar-refractivity contribution in [1.29, 1.82) is 0 Å². The first-order valence-corrected chi connectivity index (χ1v) is 7.02. The predicted octanol–water partition coefficient (Wildman–Crippen LogP) is 3.34. The van der Waals surface area contributed by atoms with Gasteiger partial charge in [0.15, 0.2) is 11.6 Å². The highest BCUT2D eigenvalue weighted by atomic mass is 19.2. The van der Waals surface area contributed by atoms with Gasteiger partial charge in [-0.05, 0) is 18.9 Å². The van der Waals surface area contributed by atoms with Gasteiger partial charge in [-0.3, -0.25) is 4.79 Å². The van der Waals surface area contributed by atoms with Crippen LogP contribution in [0.2, 0.25) is 0 Å². The van der Waals surface area contributed by atoms with Gasteiger partial charge in [-0.2, -0.15) is 0 Å². The number of nitrogen functional groups attached to an aromatic ring is 1. The SMILES string of the molecule is CN(C(=O)c1cc(F)c(F)cc1N)C1CCCCCC1. The van der Waals surface area contributed by atoms with E-state index in [1.807, 2.05) is 0 Å². The topological polar surface area (TPSA) is 46.3 Å². The lowest BCUT2D eigenvalue weighted by Crippen LogP contribution is -2.37. The first-order valence-electron chi connectivity index (χ1n) is 7.02. The highest BCUT2D eigenvalue weighted by molar-refractivity contribution is 5.99. The van der Waals surface area contributed by atoms with Crippen LogP contribution in [0.3, 0.4) is 0 Å². The minimum absolute atomic E-state index is 0.0191. The average Bonchev–Trinajstić information content (AvgIpc) is 2.70. The Morgan fingerprint density at radius 3 is 2.30 bits per heavy atom. The molecule has 1 saturated carbocycles. The van der Waals surface area contributed by atoms with E-state index in [1.165, 1.54) is 12.8 Å². The number of nitrogens with two attached hydrogens (primary N) is 1. The van der Waals surface area contributed by atoms with Gasteiger partial charge in [0.25, 0.3) is 5.91 Å². The molecule has 0 unspecified atom stereocenters. The van der Waals surface area contributed by atoms with Gasteiger partial charge in [-0.15, -0.1) is 0 Å². The van der Waals surface area contributed by atoms with E-state index >= 15 is 0 Å². The molecule has 1 aliphatic carbocycles. The number of carbonyl (C=O) groups excluding carboxylic acids is 1. The van der Waals surface area contributed by atoms with Crippen LogP contribution in [0.15, 0.2) is 12.1 Å². The molecule has 20 heavy (non-hydrogen) atoms. The minimum atomic E-state index is -1.04. The lowest BCUT2D eigenvalue weighted by Gasteiger charge is -2.27. The zero-order chi connectivity index (χ0) is 14.7. The summed E-state index contributed by atoms with van der Waals surface area (Å²) in [5.41, 5.74) is 5.65. The molecule has 1 aromatic carbocycles. The molecule has 0 heterocycles. The molecule has 0 spiro atoms. The van der Waals surface area contributed by atoms with Crippen LogP contribution in [0.4, 0.5) is 14.5 Å². The molecule has 2 N–H and O–H groups in total. The molecule has 0 atom stereocenters. The number of carbonyl (C=O) groups is 1. The van der Waals surface area contributed by atoms with E-state index in [4.69, 9.17) is 5.73 Å². The first-order chi connectivity index (χ1) is 9.50. The van der Waals surface area contributed by atoms with Crippen molar-refractivity contribution in [3.63, 3.8) is 0 Å². The summed E-state index contributed by atoms with van der Waals surface area (Å²) >= 11 is 0. The number of halogens is 2. The fraction of sp³-hybridized carbons (Fsp3) is 0.533. The molecule has 110 valence electrons. The van der Waals surface area contributed by atoms with Gasteiger partial charge in [0.2, 0.25) is 0 Å². The van der Waals surface area contributed by atoms with E-state index in [0.29, 0.717) is 0 Å². The van der Waals surface area contributed by atoms with Crippen LogP contribution in [0.5, 0.6) is 0 Å². The van der Waals surface area contributed by atoms with Crippen LogP contribution >= 0.6 is 0 Å². The zero-order valence-electron chi connectivity index (χ0n) is 11.7. The molecular weight excluding hydrogens is 262 g/mol. The van der Waals surface area contributed by atoms with Crippen molar-refractivity contribution in [2.45, 2.75) is 44.6 Å². The Morgan fingerprint density at radius 1 is 1.15 bits per heavy atom. The number of nitrogens with zero attached hydrogens (tertiary/aromatic N) is 1. The Labute approximate surface area is 117 Å². The molecular formula is C15H20F2N2O. The maximum atomic E-state index is 13.3. The maximum Gasteiger partial charge on any atom is 0.256 e. The second kappa shape index (κ2) is 6.20. The van der Waals surface area contributed by atoms with Gasteiger partial charge in [0, 0.05) is 24.8 Å². The van der Waals surface area contributed by atoms with Crippen LogP contribution in [0.25, 0.3) is 0 Å². The molecule has 5 heteroatoms. The highest BCUT2D eigenvalue weighted by Crippen LogP contribution is 2.24. The van der Waals surface area contributed by atoms with Crippen molar-refractivity contribution in [3.05, 3.63) is 29.3 Å². The molecule has 0 radical (unpaired) electrons. The van der Waals surface area contributed by atoms with Crippen molar-refractivity contribution < 1.29 is 13.6 Å². The molecule has 0 aromatic heterocycles. The molecule has 1 fully saturated rings. The molecule has 1 amide bonds. The molecule has 1 aromatic rings. The Kier molecular flexibility index (Phi) is 4.57. The molecule has 3 nitrogen and oxygen atoms in total. The van der Waals surface area contributed by atoms with Gasteiger partial charge in [0.05, 0.1) is 5.56 Å². The van der Waals surface area contributed by atoms with Crippen LogP contribution in [-0.2, 0) is 0 Å². The number of anilines is 1. The third kappa shape index (κ3) is 3.08. The quantitative estimate of drug-likeness (QED) is 0.668. The minimum Gasteiger partial charge on any atom is -0.398 e. The number of hydrogen-bond donors (Lipinski definition) is 1. The molecule has 1 aliphatic rings. The Hall–Kier alpha value is -1.65. The van der Waals surface area contributed by atoms with Crippen molar-refractivity contribution in [3.8, 4) is 0 Å². The van der Waals surface area contributed by atoms with Crippen LogP contribution in [-0.4, -0.2) is 23.9 Å². The molecule has 0 aliphatic heterocycles. The van der Waals surface area contributed by atoms with Gasteiger partial charge in [0.1, 0.15) is 0 Å². The van der Waals surface area contributed by atoms with E-state index < -0.39 is 11.6 Å². The maximum absolute atomic E-state index is 13.3. The summed E-state index contributed by atoms with van der Waals surface area (Å²) in [5, 5.41) is 0. The highest BCUT2D eigenvalue weighted by Gasteiger charge is 2.24. The summed E-state index contributed by atoms with van der Waals surface area (Å²) in [6, 6.07) is 1.90. The van der Waals surface area contributed by atoms with E-state index in [0.717, 1.165) is 37.8 Å². The van der Waals surface area contributed by atoms with Crippen LogP contribution in [0, 0.1) is 11.6 Å². The second-order valence-electron chi connectivity index (χ2n) is 5.42. The van der Waals surface area contributed by atoms with Crippen molar-refractivity contribution in [2.75, 3.05) is 12.8 Å². The smallest absolute Gasteiger partial charge is 0.256 e. The number of benzene rings is 1. The van der Waals surface area contributed by atoms with Crippen LogP contribution < -0.4 is 5.73 Å². The molecule has 0 bridgehead atoms. The van der Waals surface area contributed by atoms with E-state index in [9.17, 15) is 13.6 Å². The lowest BCUT2D eigenvalue weighted by atomic mass is 10.1. The van der Waals surface area contributed by atoms with E-state index in [2.05, 4.69) is 0 Å². The molecule has 2 rings (SSSR count). The fourth-order valence-electron chi connectivity index (χ4n) is 2.75. The van der Waals surface area contributed by atoms with Crippen molar-refractivity contribution in [1.82, 2.24) is 4.90 Å². The average molecular weight is 282 g/mol. The second-order valence-corrected chi connectivity index (χ2v) is 5.42. The Bertz CT molecular complexity index is 497. The van der Waals surface area contributed by atoms with Gasteiger partial charge >= 0.3 is 0 Å². The summed E-state index contributed by atoms with van der Waals surface area (Å²) in [4.78, 5) is 14.0. The summed E-state index contributed by atoms with van der Waals surface area (Å²) < 4.78 is 26.3. The van der Waals surface area contributed by atoms with Gasteiger partial charge in [-0.1, -0.05) is 25.7 Å². The lowest BCUT2D eigenvalue weighted by molar-refractivity contribution is 0.0718. The van der Waals surface area contributed by atoms with Gasteiger partial charge < -0.3 is 10.6 Å². The van der Waals surface area contributed by atoms with Crippen molar-refractivity contribution >= 4 is 11.6 Å². The van der Waals surface area contributed by atoms with E-state index in [1.54, 1.807) is 11.9 Å². The Balaban J connectivity index is 2.19. The summed E-state index contributed by atoms with van der Waals surface area (Å²) in [7, 11) is 1.71. The normalized spacial score (nSPS) is 16.8. The standard InChI is InChI=1S/C15H20F2N2O/c1-19(10-6-4-2-3-5-7-10)15(20)11-8-12(16)13(17)9-14(11)18/h8-10H,2-7,18H2,1H3. The van der Waals surface area contributed by atoms with Gasteiger partial charge in [-0.25, -0.2) is 8.78 Å². The first kappa shape index (κ1) is 14.8. The third-order valence-corrected chi connectivity index (χ3v) is 4.02. The largest absolute Gasteiger partial charge is 0.398 e. The number of rotatable bonds is 2. The summed E-state index contributed by atoms with van der Waals surface area (Å²) in [6.07, 6.45) is 6.46. The monoisotopic (exact) mass is 282 g/mol. The zero-order valence-corrected chi connectivity index (χ0v) is 11.7. The number of amides is 1. The van der Waals surface area contributed by atoms with Crippen LogP contribution in [0.1, 0.15) is 48.9 Å². The van der Waals surface area contributed by atoms with E-state index in [-0.39, 0.29) is 23.2 Å². The number of hydrogen-bond acceptors (Lipinski definition) is 2. The fourth-order valence-corrected chi connectivity index (χ4v) is 2.75. The molecule has 0 saturated heterocycles. The summed E-state index contributed by atoms with van der Waals surface area (Å²) in [6.45, 7) is 0. The third-order valence-electron chi connectivity index (χ3n) is 4.02. The predicted molar refractivity (Wildman–Crippen MR) is 74.4 cm³/mol. The summed E-state index contributed by atoms with van der Waals surface area (Å²) in [5.74, 6) is -2.42. The van der Waals surface area contributed by atoms with Crippen molar-refractivity contribution in [2.24, 2.45) is 0 Å². The Morgan fingerprint density at radius 2 is 1.70 bits per heavy atom.